The Labute approximate surface area is 133 Å². The zero-order valence-corrected chi connectivity index (χ0v) is 12.7. The highest BCUT2D eigenvalue weighted by atomic mass is 35.5. The van der Waals surface area contributed by atoms with E-state index in [4.69, 9.17) is 11.6 Å². The maximum absolute atomic E-state index is 12.4. The summed E-state index contributed by atoms with van der Waals surface area (Å²) in [7, 11) is 1.34. The summed E-state index contributed by atoms with van der Waals surface area (Å²) in [5.41, 5.74) is 3.60. The van der Waals surface area contributed by atoms with Crippen LogP contribution in [0.4, 0.5) is 0 Å². The summed E-state index contributed by atoms with van der Waals surface area (Å²) < 4.78 is 4.66. The largest absolute Gasteiger partial charge is 0.465 e. The van der Waals surface area contributed by atoms with Crippen molar-refractivity contribution >= 4 is 29.4 Å². The number of carbonyl (C=O) groups excluding carboxylic acids is 2. The number of rotatable bonds is 2. The Bertz CT molecular complexity index is 788. The van der Waals surface area contributed by atoms with Crippen LogP contribution >= 0.6 is 11.6 Å². The van der Waals surface area contributed by atoms with Crippen LogP contribution in [0.15, 0.2) is 48.0 Å². The van der Waals surface area contributed by atoms with E-state index in [1.807, 2.05) is 6.08 Å². The number of fused-ring (bicyclic) bond motifs is 1. The SMILES string of the molecule is COC(=O)c1ccc(C=C2Cc3c(Cl)cccc3C2=O)cc1. The van der Waals surface area contributed by atoms with Gasteiger partial charge in [0.15, 0.2) is 5.78 Å². The zero-order valence-electron chi connectivity index (χ0n) is 11.9. The van der Waals surface area contributed by atoms with Gasteiger partial charge in [-0.2, -0.15) is 0 Å². The number of allylic oxidation sites excluding steroid dienone is 1. The van der Waals surface area contributed by atoms with Crippen molar-refractivity contribution in [2.24, 2.45) is 0 Å². The van der Waals surface area contributed by atoms with E-state index in [1.54, 1.807) is 42.5 Å². The minimum Gasteiger partial charge on any atom is -0.465 e. The molecule has 110 valence electrons. The Morgan fingerprint density at radius 3 is 2.55 bits per heavy atom. The van der Waals surface area contributed by atoms with Crippen LogP contribution in [-0.2, 0) is 11.2 Å². The molecule has 0 spiro atoms. The Kier molecular flexibility index (Phi) is 3.82. The molecule has 0 atom stereocenters. The molecule has 22 heavy (non-hydrogen) atoms. The van der Waals surface area contributed by atoms with Crippen molar-refractivity contribution in [2.45, 2.75) is 6.42 Å². The molecule has 0 aromatic heterocycles. The van der Waals surface area contributed by atoms with E-state index >= 15 is 0 Å². The molecule has 0 radical (unpaired) electrons. The molecule has 0 aliphatic heterocycles. The quantitative estimate of drug-likeness (QED) is 0.623. The molecule has 1 aliphatic carbocycles. The van der Waals surface area contributed by atoms with Crippen molar-refractivity contribution in [3.8, 4) is 0 Å². The van der Waals surface area contributed by atoms with Crippen molar-refractivity contribution in [3.05, 3.63) is 75.3 Å². The third-order valence-corrected chi connectivity index (χ3v) is 4.05. The second-order valence-electron chi connectivity index (χ2n) is 5.06. The van der Waals surface area contributed by atoms with Crippen molar-refractivity contribution in [2.75, 3.05) is 7.11 Å². The summed E-state index contributed by atoms with van der Waals surface area (Å²) >= 11 is 6.14. The number of Topliss-reactive ketones (excluding diaryl/α,β-unsaturated/α-hetero) is 1. The van der Waals surface area contributed by atoms with Crippen LogP contribution in [0.3, 0.4) is 0 Å². The lowest BCUT2D eigenvalue weighted by Crippen LogP contribution is -2.00. The number of hydrogen-bond donors (Lipinski definition) is 0. The fourth-order valence-electron chi connectivity index (χ4n) is 2.55. The van der Waals surface area contributed by atoms with Crippen LogP contribution < -0.4 is 0 Å². The van der Waals surface area contributed by atoms with Crippen LogP contribution in [-0.4, -0.2) is 18.9 Å². The van der Waals surface area contributed by atoms with Crippen LogP contribution in [0.25, 0.3) is 6.08 Å². The molecule has 3 rings (SSSR count). The van der Waals surface area contributed by atoms with Gasteiger partial charge in [-0.3, -0.25) is 4.79 Å². The van der Waals surface area contributed by atoms with Gasteiger partial charge in [-0.1, -0.05) is 35.9 Å². The smallest absolute Gasteiger partial charge is 0.337 e. The van der Waals surface area contributed by atoms with Gasteiger partial charge in [0.05, 0.1) is 12.7 Å². The minimum absolute atomic E-state index is 0.00884. The molecular formula is C18H13ClO3. The molecule has 0 bridgehead atoms. The molecular weight excluding hydrogens is 300 g/mol. The summed E-state index contributed by atoms with van der Waals surface area (Å²) in [5, 5.41) is 0.621. The van der Waals surface area contributed by atoms with Gasteiger partial charge in [0.25, 0.3) is 0 Å². The van der Waals surface area contributed by atoms with Gasteiger partial charge in [0.2, 0.25) is 0 Å². The monoisotopic (exact) mass is 312 g/mol. The first-order chi connectivity index (χ1) is 10.6. The normalized spacial score (nSPS) is 15.0. The number of esters is 1. The van der Waals surface area contributed by atoms with Crippen molar-refractivity contribution in [1.82, 2.24) is 0 Å². The molecule has 2 aromatic rings. The Morgan fingerprint density at radius 1 is 1.18 bits per heavy atom. The predicted octanol–water partition coefficient (Wildman–Crippen LogP) is 3.95. The van der Waals surface area contributed by atoms with Gasteiger partial charge in [0.1, 0.15) is 0 Å². The highest BCUT2D eigenvalue weighted by Gasteiger charge is 2.26. The lowest BCUT2D eigenvalue weighted by atomic mass is 10.1. The van der Waals surface area contributed by atoms with Crippen molar-refractivity contribution in [1.29, 1.82) is 0 Å². The molecule has 0 amide bonds. The maximum atomic E-state index is 12.4. The van der Waals surface area contributed by atoms with E-state index < -0.39 is 0 Å². The van der Waals surface area contributed by atoms with Gasteiger partial charge in [-0.05, 0) is 35.4 Å². The molecule has 3 nitrogen and oxygen atoms in total. The first-order valence-electron chi connectivity index (χ1n) is 6.81. The van der Waals surface area contributed by atoms with E-state index in [-0.39, 0.29) is 11.8 Å². The van der Waals surface area contributed by atoms with Gasteiger partial charge >= 0.3 is 5.97 Å². The van der Waals surface area contributed by atoms with Gasteiger partial charge in [-0.25, -0.2) is 4.79 Å². The Balaban J connectivity index is 1.90. The molecule has 0 saturated carbocycles. The second-order valence-corrected chi connectivity index (χ2v) is 5.46. The molecule has 2 aromatic carbocycles. The van der Waals surface area contributed by atoms with E-state index in [2.05, 4.69) is 4.74 Å². The summed E-state index contributed by atoms with van der Waals surface area (Å²) in [4.78, 5) is 23.8. The number of carbonyl (C=O) groups is 2. The maximum Gasteiger partial charge on any atom is 0.337 e. The molecule has 0 heterocycles. The van der Waals surface area contributed by atoms with E-state index in [0.717, 1.165) is 11.1 Å². The van der Waals surface area contributed by atoms with Gasteiger partial charge in [0, 0.05) is 22.6 Å². The fourth-order valence-corrected chi connectivity index (χ4v) is 2.79. The molecule has 0 N–H and O–H groups in total. The summed E-state index contributed by atoms with van der Waals surface area (Å²) in [6, 6.07) is 12.3. The number of halogens is 1. The molecule has 0 unspecified atom stereocenters. The molecule has 0 saturated heterocycles. The average Bonchev–Trinajstić information content (AvgIpc) is 2.85. The average molecular weight is 313 g/mol. The highest BCUT2D eigenvalue weighted by molar-refractivity contribution is 6.33. The van der Waals surface area contributed by atoms with Crippen LogP contribution in [0.5, 0.6) is 0 Å². The third-order valence-electron chi connectivity index (χ3n) is 3.70. The standard InChI is InChI=1S/C18H13ClO3/c1-22-18(21)12-7-5-11(6-8-12)9-13-10-15-14(17(13)20)3-2-4-16(15)19/h2-9H,10H2,1H3. The van der Waals surface area contributed by atoms with E-state index in [0.29, 0.717) is 28.1 Å². The van der Waals surface area contributed by atoms with E-state index in [9.17, 15) is 9.59 Å². The van der Waals surface area contributed by atoms with Crippen molar-refractivity contribution in [3.63, 3.8) is 0 Å². The number of methoxy groups -OCH3 is 1. The summed E-state index contributed by atoms with van der Waals surface area (Å²) in [6.07, 6.45) is 2.37. The minimum atomic E-state index is -0.379. The number of benzene rings is 2. The first kappa shape index (κ1) is 14.5. The lowest BCUT2D eigenvalue weighted by Gasteiger charge is -2.00. The number of hydrogen-bond acceptors (Lipinski definition) is 3. The lowest BCUT2D eigenvalue weighted by molar-refractivity contribution is 0.0600. The van der Waals surface area contributed by atoms with Crippen LogP contribution in [0.1, 0.15) is 31.8 Å². The molecule has 4 heteroatoms. The predicted molar refractivity (Wildman–Crippen MR) is 85.2 cm³/mol. The van der Waals surface area contributed by atoms with Crippen LogP contribution in [0, 0.1) is 0 Å². The Hall–Kier alpha value is -2.39. The van der Waals surface area contributed by atoms with Crippen LogP contribution in [0.2, 0.25) is 5.02 Å². The fraction of sp³-hybridized carbons (Fsp3) is 0.111. The summed E-state index contributed by atoms with van der Waals surface area (Å²) in [5.74, 6) is -0.370. The second kappa shape index (κ2) is 5.78. The molecule has 0 fully saturated rings. The Morgan fingerprint density at radius 2 is 1.91 bits per heavy atom. The van der Waals surface area contributed by atoms with Gasteiger partial charge in [-0.15, -0.1) is 0 Å². The topological polar surface area (TPSA) is 43.4 Å². The highest BCUT2D eigenvalue weighted by Crippen LogP contribution is 2.32. The zero-order chi connectivity index (χ0) is 15.7. The number of ether oxygens (including phenoxy) is 1. The molecule has 1 aliphatic rings. The first-order valence-corrected chi connectivity index (χ1v) is 7.19. The third kappa shape index (κ3) is 2.55. The van der Waals surface area contributed by atoms with E-state index in [1.165, 1.54) is 7.11 Å². The summed E-state index contributed by atoms with van der Waals surface area (Å²) in [6.45, 7) is 0. The number of ketones is 1. The van der Waals surface area contributed by atoms with Crippen molar-refractivity contribution < 1.29 is 14.3 Å². The van der Waals surface area contributed by atoms with Gasteiger partial charge < -0.3 is 4.74 Å².